The van der Waals surface area contributed by atoms with Gasteiger partial charge in [0.05, 0.1) is 37.5 Å². The number of esters is 1. The summed E-state index contributed by atoms with van der Waals surface area (Å²) in [5.41, 5.74) is 7.61. The largest absolute Gasteiger partial charge is 0.465 e. The van der Waals surface area contributed by atoms with E-state index in [9.17, 15) is 14.4 Å². The number of amides is 2. The van der Waals surface area contributed by atoms with E-state index in [1.165, 1.54) is 13.3 Å². The standard InChI is InChI=1S/C23H28N6O5/c1-23(2,3)34-22(32)27-26-19(30)8-15-7-16(14-5-6-14)10-28-12-18(25-20(15)28)13-29-11-17(9-24-29)21(31)33-4/h7,9-12,14H,5-6,8,13H2,1-4H3,(H,26,30)(H,27,32). The lowest BCUT2D eigenvalue weighted by Gasteiger charge is -2.19. The van der Waals surface area contributed by atoms with Gasteiger partial charge in [-0.25, -0.2) is 20.0 Å². The Balaban J connectivity index is 1.51. The normalized spacial score (nSPS) is 13.5. The zero-order chi connectivity index (χ0) is 24.5. The number of hydrogen-bond donors (Lipinski definition) is 2. The van der Waals surface area contributed by atoms with Gasteiger partial charge in [0, 0.05) is 24.2 Å². The summed E-state index contributed by atoms with van der Waals surface area (Å²) in [6.07, 6.45) is 8.50. The average molecular weight is 469 g/mol. The Bertz CT molecular complexity index is 1230. The third-order valence-electron chi connectivity index (χ3n) is 5.18. The first kappa shape index (κ1) is 23.3. The summed E-state index contributed by atoms with van der Waals surface area (Å²) in [5, 5.41) is 4.19. The van der Waals surface area contributed by atoms with E-state index in [4.69, 9.17) is 14.5 Å². The number of carbonyl (C=O) groups excluding carboxylic acids is 3. The molecule has 0 atom stereocenters. The van der Waals surface area contributed by atoms with Crippen molar-refractivity contribution in [3.05, 3.63) is 53.2 Å². The molecule has 0 aliphatic heterocycles. The fourth-order valence-corrected chi connectivity index (χ4v) is 3.57. The second kappa shape index (κ2) is 9.16. The van der Waals surface area contributed by atoms with E-state index in [-0.39, 0.29) is 12.3 Å². The van der Waals surface area contributed by atoms with Crippen LogP contribution in [0.25, 0.3) is 5.65 Å². The summed E-state index contributed by atoms with van der Waals surface area (Å²) in [5.74, 6) is -0.366. The average Bonchev–Trinajstić information content (AvgIpc) is 3.37. The van der Waals surface area contributed by atoms with Gasteiger partial charge in [-0.15, -0.1) is 0 Å². The highest BCUT2D eigenvalue weighted by Gasteiger charge is 2.26. The molecule has 34 heavy (non-hydrogen) atoms. The van der Waals surface area contributed by atoms with Gasteiger partial charge in [-0.1, -0.05) is 0 Å². The maximum Gasteiger partial charge on any atom is 0.426 e. The quantitative estimate of drug-likeness (QED) is 0.420. The van der Waals surface area contributed by atoms with Gasteiger partial charge in [0.25, 0.3) is 0 Å². The van der Waals surface area contributed by atoms with Gasteiger partial charge in [0.15, 0.2) is 0 Å². The predicted molar refractivity (Wildman–Crippen MR) is 121 cm³/mol. The summed E-state index contributed by atoms with van der Waals surface area (Å²) in [4.78, 5) is 40.7. The summed E-state index contributed by atoms with van der Waals surface area (Å²) in [7, 11) is 1.32. The van der Waals surface area contributed by atoms with Gasteiger partial charge in [-0.3, -0.25) is 14.9 Å². The Kier molecular flexibility index (Phi) is 6.27. The molecule has 0 spiro atoms. The van der Waals surface area contributed by atoms with Crippen molar-refractivity contribution >= 4 is 23.6 Å². The highest BCUT2D eigenvalue weighted by molar-refractivity contribution is 5.88. The van der Waals surface area contributed by atoms with Gasteiger partial charge in [0.2, 0.25) is 5.91 Å². The van der Waals surface area contributed by atoms with Gasteiger partial charge in [0.1, 0.15) is 11.2 Å². The first-order chi connectivity index (χ1) is 16.1. The summed E-state index contributed by atoms with van der Waals surface area (Å²) in [6.45, 7) is 5.57. The van der Waals surface area contributed by atoms with Crippen molar-refractivity contribution in [2.24, 2.45) is 0 Å². The van der Waals surface area contributed by atoms with Gasteiger partial charge in [-0.05, 0) is 51.2 Å². The number of fused-ring (bicyclic) bond motifs is 1. The highest BCUT2D eigenvalue weighted by atomic mass is 16.6. The van der Waals surface area contributed by atoms with Crippen LogP contribution in [0.4, 0.5) is 4.79 Å². The maximum absolute atomic E-state index is 12.5. The van der Waals surface area contributed by atoms with Crippen LogP contribution in [0.5, 0.6) is 0 Å². The van der Waals surface area contributed by atoms with Gasteiger partial charge >= 0.3 is 12.1 Å². The van der Waals surface area contributed by atoms with Crippen LogP contribution in [0.2, 0.25) is 0 Å². The Morgan fingerprint density at radius 2 is 1.91 bits per heavy atom. The lowest BCUT2D eigenvalue weighted by molar-refractivity contribution is -0.121. The molecule has 0 saturated heterocycles. The number of nitrogens with zero attached hydrogens (tertiary/aromatic N) is 4. The molecular weight excluding hydrogens is 440 g/mol. The van der Waals surface area contributed by atoms with Crippen LogP contribution >= 0.6 is 0 Å². The molecule has 3 aromatic rings. The predicted octanol–water partition coefficient (Wildman–Crippen LogP) is 2.34. The Hall–Kier alpha value is -3.89. The van der Waals surface area contributed by atoms with E-state index in [2.05, 4.69) is 16.0 Å². The number of hydrazine groups is 1. The summed E-state index contributed by atoms with van der Waals surface area (Å²) >= 11 is 0. The smallest absolute Gasteiger partial charge is 0.426 e. The van der Waals surface area contributed by atoms with Crippen LogP contribution in [0.15, 0.2) is 30.9 Å². The number of carbonyl (C=O) groups is 3. The fourth-order valence-electron chi connectivity index (χ4n) is 3.57. The second-order valence-corrected chi connectivity index (χ2v) is 9.31. The minimum absolute atomic E-state index is 0.0323. The number of hydrogen-bond acceptors (Lipinski definition) is 7. The molecule has 11 nitrogen and oxygen atoms in total. The zero-order valence-electron chi connectivity index (χ0n) is 19.6. The van der Waals surface area contributed by atoms with E-state index in [1.54, 1.807) is 31.6 Å². The van der Waals surface area contributed by atoms with E-state index in [1.807, 2.05) is 22.9 Å². The van der Waals surface area contributed by atoms with E-state index in [0.29, 0.717) is 23.7 Å². The van der Waals surface area contributed by atoms with Crippen LogP contribution in [-0.2, 0) is 27.2 Å². The zero-order valence-corrected chi connectivity index (χ0v) is 19.6. The lowest BCUT2D eigenvalue weighted by Crippen LogP contribution is -2.44. The van der Waals surface area contributed by atoms with Crippen molar-refractivity contribution in [3.8, 4) is 0 Å². The third kappa shape index (κ3) is 5.72. The molecule has 1 saturated carbocycles. The van der Waals surface area contributed by atoms with Crippen LogP contribution in [0, 0.1) is 0 Å². The Morgan fingerprint density at radius 3 is 2.59 bits per heavy atom. The minimum atomic E-state index is -0.730. The molecular formula is C23H28N6O5. The molecule has 1 fully saturated rings. The molecule has 0 unspecified atom stereocenters. The van der Waals surface area contributed by atoms with Crippen molar-refractivity contribution in [1.82, 2.24) is 30.0 Å². The molecule has 0 bridgehead atoms. The molecule has 0 aromatic carbocycles. The van der Waals surface area contributed by atoms with Crippen molar-refractivity contribution in [2.45, 2.75) is 58.1 Å². The van der Waals surface area contributed by atoms with Crippen LogP contribution in [0.1, 0.15) is 66.7 Å². The molecule has 2 N–H and O–H groups in total. The first-order valence-electron chi connectivity index (χ1n) is 11.0. The maximum atomic E-state index is 12.5. The Morgan fingerprint density at radius 1 is 1.15 bits per heavy atom. The van der Waals surface area contributed by atoms with E-state index in [0.717, 1.165) is 29.7 Å². The van der Waals surface area contributed by atoms with Crippen LogP contribution < -0.4 is 10.9 Å². The topological polar surface area (TPSA) is 129 Å². The van der Waals surface area contributed by atoms with E-state index < -0.39 is 17.7 Å². The monoisotopic (exact) mass is 468 g/mol. The molecule has 11 heteroatoms. The molecule has 3 heterocycles. The van der Waals surface area contributed by atoms with Crippen molar-refractivity contribution < 1.29 is 23.9 Å². The first-order valence-corrected chi connectivity index (χ1v) is 11.0. The van der Waals surface area contributed by atoms with Gasteiger partial charge in [-0.2, -0.15) is 5.10 Å². The second-order valence-electron chi connectivity index (χ2n) is 9.31. The number of methoxy groups -OCH3 is 1. The van der Waals surface area contributed by atoms with Crippen LogP contribution in [-0.4, -0.2) is 49.8 Å². The molecule has 0 radical (unpaired) electrons. The number of rotatable bonds is 6. The van der Waals surface area contributed by atoms with Crippen LogP contribution in [0.3, 0.4) is 0 Å². The lowest BCUT2D eigenvalue weighted by atomic mass is 10.1. The van der Waals surface area contributed by atoms with Gasteiger partial charge < -0.3 is 13.9 Å². The molecule has 1 aliphatic carbocycles. The van der Waals surface area contributed by atoms with Crippen molar-refractivity contribution in [2.75, 3.05) is 7.11 Å². The highest BCUT2D eigenvalue weighted by Crippen LogP contribution is 2.40. The van der Waals surface area contributed by atoms with E-state index >= 15 is 0 Å². The Labute approximate surface area is 196 Å². The number of pyridine rings is 1. The molecule has 3 aromatic heterocycles. The molecule has 4 rings (SSSR count). The fraction of sp³-hybridized carbons (Fsp3) is 0.435. The molecule has 1 aliphatic rings. The molecule has 180 valence electrons. The minimum Gasteiger partial charge on any atom is -0.465 e. The third-order valence-corrected chi connectivity index (χ3v) is 5.18. The van der Waals surface area contributed by atoms with Crippen molar-refractivity contribution in [1.29, 1.82) is 0 Å². The number of aromatic nitrogens is 4. The van der Waals surface area contributed by atoms with Crippen molar-refractivity contribution in [3.63, 3.8) is 0 Å². The summed E-state index contributed by atoms with van der Waals surface area (Å²) in [6, 6.07) is 2.00. The molecule has 2 amide bonds. The number of imidazole rings is 1. The SMILES string of the molecule is COC(=O)c1cnn(Cc2cn3cc(C4CC4)cc(CC(=O)NNC(=O)OC(C)(C)C)c3n2)c1. The number of ether oxygens (including phenoxy) is 2. The summed E-state index contributed by atoms with van der Waals surface area (Å²) < 4.78 is 13.4. The number of nitrogens with one attached hydrogen (secondary N) is 2.